The second kappa shape index (κ2) is 6.44. The maximum absolute atomic E-state index is 13.5. The molecule has 0 aliphatic heterocycles. The monoisotopic (exact) mass is 281 g/mol. The Labute approximate surface area is 118 Å². The summed E-state index contributed by atoms with van der Waals surface area (Å²) >= 11 is 0. The Morgan fingerprint density at radius 3 is 2.50 bits per heavy atom. The molecule has 0 aromatic heterocycles. The van der Waals surface area contributed by atoms with Crippen LogP contribution in [-0.4, -0.2) is 12.3 Å². The van der Waals surface area contributed by atoms with Crippen molar-refractivity contribution in [1.29, 1.82) is 0 Å². The molecule has 20 heavy (non-hydrogen) atoms. The van der Waals surface area contributed by atoms with Crippen LogP contribution in [0.5, 0.6) is 0 Å². The molecule has 1 aliphatic carbocycles. The van der Waals surface area contributed by atoms with Crippen LogP contribution < -0.4 is 5.73 Å². The largest absolute Gasteiger partial charge is 0.330 e. The Bertz CT molecular complexity index is 481. The van der Waals surface area contributed by atoms with Gasteiger partial charge in [-0.15, -0.1) is 0 Å². The lowest BCUT2D eigenvalue weighted by atomic mass is 9.70. The lowest BCUT2D eigenvalue weighted by Crippen LogP contribution is -2.35. The zero-order valence-corrected chi connectivity index (χ0v) is 11.6. The molecule has 0 heterocycles. The van der Waals surface area contributed by atoms with Crippen molar-refractivity contribution in [3.05, 3.63) is 35.4 Å². The van der Waals surface area contributed by atoms with Gasteiger partial charge in [-0.3, -0.25) is 4.79 Å². The summed E-state index contributed by atoms with van der Waals surface area (Å²) in [6.07, 6.45) is 5.78. The van der Waals surface area contributed by atoms with Crippen molar-refractivity contribution in [2.75, 3.05) is 6.54 Å². The highest BCUT2D eigenvalue weighted by Gasteiger charge is 2.32. The average Bonchev–Trinajstić information content (AvgIpc) is 2.43. The third kappa shape index (κ3) is 3.63. The zero-order chi connectivity index (χ0) is 14.6. The molecule has 0 radical (unpaired) electrons. The lowest BCUT2D eigenvalue weighted by molar-refractivity contribution is -0.121. The molecule has 0 atom stereocenters. The Hall–Kier alpha value is -1.29. The Morgan fingerprint density at radius 1 is 1.20 bits per heavy atom. The average molecular weight is 281 g/mol. The topological polar surface area (TPSA) is 43.1 Å². The zero-order valence-electron chi connectivity index (χ0n) is 11.6. The van der Waals surface area contributed by atoms with Gasteiger partial charge in [-0.25, -0.2) is 8.78 Å². The normalized spacial score (nSPS) is 17.9. The molecule has 0 amide bonds. The van der Waals surface area contributed by atoms with E-state index in [9.17, 15) is 13.6 Å². The van der Waals surface area contributed by atoms with E-state index in [-0.39, 0.29) is 23.2 Å². The fourth-order valence-electron chi connectivity index (χ4n) is 3.11. The van der Waals surface area contributed by atoms with Gasteiger partial charge >= 0.3 is 0 Å². The minimum Gasteiger partial charge on any atom is -0.330 e. The van der Waals surface area contributed by atoms with Gasteiger partial charge in [0, 0.05) is 18.9 Å². The van der Waals surface area contributed by atoms with E-state index in [1.807, 2.05) is 0 Å². The lowest BCUT2D eigenvalue weighted by Gasteiger charge is -2.35. The molecule has 0 unspecified atom stereocenters. The van der Waals surface area contributed by atoms with Crippen molar-refractivity contribution >= 4 is 5.78 Å². The summed E-state index contributed by atoms with van der Waals surface area (Å²) in [5.74, 6) is -1.28. The second-order valence-electron chi connectivity index (χ2n) is 5.89. The Balaban J connectivity index is 2.00. The Kier molecular flexibility index (Phi) is 4.86. The molecule has 0 saturated heterocycles. The van der Waals surface area contributed by atoms with Crippen molar-refractivity contribution in [1.82, 2.24) is 0 Å². The van der Waals surface area contributed by atoms with Crippen molar-refractivity contribution in [2.45, 2.75) is 44.9 Å². The fraction of sp³-hybridized carbons (Fsp3) is 0.562. The molecule has 1 aromatic rings. The van der Waals surface area contributed by atoms with Crippen LogP contribution in [0.2, 0.25) is 0 Å². The fourth-order valence-corrected chi connectivity index (χ4v) is 3.11. The molecule has 4 heteroatoms. The standard InChI is InChI=1S/C16H21F2NO/c17-13-5-4-12(15(18)9-13)8-14(20)10-16(11-19)6-2-1-3-7-16/h4-5,9H,1-3,6-8,10-11,19H2. The van der Waals surface area contributed by atoms with Gasteiger partial charge < -0.3 is 5.73 Å². The number of benzene rings is 1. The quantitative estimate of drug-likeness (QED) is 0.899. The highest BCUT2D eigenvalue weighted by Crippen LogP contribution is 2.38. The summed E-state index contributed by atoms with van der Waals surface area (Å²) in [7, 11) is 0. The van der Waals surface area contributed by atoms with Gasteiger partial charge in [-0.05, 0) is 36.4 Å². The molecule has 2 nitrogen and oxygen atoms in total. The van der Waals surface area contributed by atoms with E-state index in [1.165, 1.54) is 18.6 Å². The first-order valence-corrected chi connectivity index (χ1v) is 7.20. The maximum Gasteiger partial charge on any atom is 0.137 e. The van der Waals surface area contributed by atoms with Gasteiger partial charge in [0.2, 0.25) is 0 Å². The number of carbonyl (C=O) groups is 1. The summed E-state index contributed by atoms with van der Waals surface area (Å²) < 4.78 is 26.4. The number of carbonyl (C=O) groups excluding carboxylic acids is 1. The van der Waals surface area contributed by atoms with Gasteiger partial charge in [0.15, 0.2) is 0 Å². The van der Waals surface area contributed by atoms with Gasteiger partial charge in [-0.1, -0.05) is 25.3 Å². The number of nitrogens with two attached hydrogens (primary N) is 1. The number of hydrogen-bond acceptors (Lipinski definition) is 2. The molecule has 2 rings (SSSR count). The van der Waals surface area contributed by atoms with Crippen LogP contribution in [0.25, 0.3) is 0 Å². The predicted molar refractivity (Wildman–Crippen MR) is 74.3 cm³/mol. The molecule has 1 aliphatic rings. The van der Waals surface area contributed by atoms with Crippen LogP contribution in [0, 0.1) is 17.0 Å². The molecule has 1 saturated carbocycles. The van der Waals surface area contributed by atoms with E-state index in [0.29, 0.717) is 13.0 Å². The van der Waals surface area contributed by atoms with Crippen LogP contribution in [0.3, 0.4) is 0 Å². The van der Waals surface area contributed by atoms with Crippen molar-refractivity contribution in [3.8, 4) is 0 Å². The minimum absolute atomic E-state index is 0.0112. The number of Topliss-reactive ketones (excluding diaryl/α,β-unsaturated/α-hetero) is 1. The van der Waals surface area contributed by atoms with Crippen LogP contribution in [0.1, 0.15) is 44.1 Å². The number of hydrogen-bond donors (Lipinski definition) is 1. The summed E-state index contributed by atoms with van der Waals surface area (Å²) in [4.78, 5) is 12.2. The molecule has 0 bridgehead atoms. The van der Waals surface area contributed by atoms with Crippen LogP contribution in [0.4, 0.5) is 8.78 Å². The van der Waals surface area contributed by atoms with Crippen molar-refractivity contribution in [3.63, 3.8) is 0 Å². The third-order valence-electron chi connectivity index (χ3n) is 4.32. The van der Waals surface area contributed by atoms with Gasteiger partial charge in [0.25, 0.3) is 0 Å². The summed E-state index contributed by atoms with van der Waals surface area (Å²) in [6, 6.07) is 3.35. The maximum atomic E-state index is 13.5. The number of rotatable bonds is 5. The van der Waals surface area contributed by atoms with Gasteiger partial charge in [0.1, 0.15) is 17.4 Å². The molecular formula is C16H21F2NO. The van der Waals surface area contributed by atoms with Crippen LogP contribution in [0.15, 0.2) is 18.2 Å². The smallest absolute Gasteiger partial charge is 0.137 e. The summed E-state index contributed by atoms with van der Waals surface area (Å²) in [5.41, 5.74) is 6.01. The highest BCUT2D eigenvalue weighted by atomic mass is 19.1. The first-order valence-electron chi connectivity index (χ1n) is 7.20. The van der Waals surface area contributed by atoms with Gasteiger partial charge in [-0.2, -0.15) is 0 Å². The van der Waals surface area contributed by atoms with Crippen LogP contribution >= 0.6 is 0 Å². The molecule has 1 aromatic carbocycles. The second-order valence-corrected chi connectivity index (χ2v) is 5.89. The SMILES string of the molecule is NCC1(CC(=O)Cc2ccc(F)cc2F)CCCCC1. The first-order chi connectivity index (χ1) is 9.54. The summed E-state index contributed by atoms with van der Waals surface area (Å²) in [6.45, 7) is 0.505. The van der Waals surface area contributed by atoms with E-state index in [4.69, 9.17) is 5.73 Å². The molecule has 2 N–H and O–H groups in total. The van der Waals surface area contributed by atoms with E-state index in [1.54, 1.807) is 0 Å². The van der Waals surface area contributed by atoms with E-state index in [2.05, 4.69) is 0 Å². The van der Waals surface area contributed by atoms with E-state index >= 15 is 0 Å². The number of ketones is 1. The molecule has 1 fully saturated rings. The number of halogens is 2. The highest BCUT2D eigenvalue weighted by molar-refractivity contribution is 5.81. The first kappa shape index (κ1) is 15.1. The van der Waals surface area contributed by atoms with E-state index in [0.717, 1.165) is 31.7 Å². The molecule has 0 spiro atoms. The van der Waals surface area contributed by atoms with Crippen LogP contribution in [-0.2, 0) is 11.2 Å². The predicted octanol–water partition coefficient (Wildman–Crippen LogP) is 3.38. The van der Waals surface area contributed by atoms with Gasteiger partial charge in [0.05, 0.1) is 0 Å². The minimum atomic E-state index is -0.649. The van der Waals surface area contributed by atoms with Crippen molar-refractivity contribution in [2.24, 2.45) is 11.1 Å². The molecule has 110 valence electrons. The third-order valence-corrected chi connectivity index (χ3v) is 4.32. The molecular weight excluding hydrogens is 260 g/mol. The Morgan fingerprint density at radius 2 is 1.90 bits per heavy atom. The van der Waals surface area contributed by atoms with Crippen molar-refractivity contribution < 1.29 is 13.6 Å². The van der Waals surface area contributed by atoms with E-state index < -0.39 is 11.6 Å². The summed E-state index contributed by atoms with van der Waals surface area (Å²) in [5, 5.41) is 0.